The van der Waals surface area contributed by atoms with E-state index in [2.05, 4.69) is 42.4 Å². The lowest BCUT2D eigenvalue weighted by Crippen LogP contribution is -2.21. The van der Waals surface area contributed by atoms with Gasteiger partial charge >= 0.3 is 17.2 Å². The Bertz CT molecular complexity index is 3170. The number of rotatable bonds is 16. The minimum atomic E-state index is -1.26. The van der Waals surface area contributed by atoms with Gasteiger partial charge in [-0.05, 0) is 148 Å². The van der Waals surface area contributed by atoms with Crippen LogP contribution in [0.4, 0.5) is 28.4 Å². The highest BCUT2D eigenvalue weighted by Gasteiger charge is 2.15. The Labute approximate surface area is 392 Å². The minimum Gasteiger partial charge on any atom is -0.477 e. The van der Waals surface area contributed by atoms with Gasteiger partial charge in [0.2, 0.25) is 0 Å². The number of benzene rings is 5. The van der Waals surface area contributed by atoms with Gasteiger partial charge in [0.1, 0.15) is 22.8 Å². The van der Waals surface area contributed by atoms with E-state index < -0.39 is 17.2 Å². The summed E-state index contributed by atoms with van der Waals surface area (Å²) in [6.45, 7) is 11.8. The van der Waals surface area contributed by atoms with Crippen LogP contribution < -0.4 is 26.0 Å². The summed E-state index contributed by atoms with van der Waals surface area (Å²) in [4.78, 5) is 45.7. The van der Waals surface area contributed by atoms with Crippen LogP contribution in [0.15, 0.2) is 157 Å². The maximum absolute atomic E-state index is 13.1. The molecule has 0 aliphatic carbocycles. The Balaban J connectivity index is 1.07. The highest BCUT2D eigenvalue weighted by molar-refractivity contribution is 7.16. The van der Waals surface area contributed by atoms with Crippen molar-refractivity contribution in [3.05, 3.63) is 187 Å². The summed E-state index contributed by atoms with van der Waals surface area (Å²) in [5.74, 6) is -1.26. The SMILES string of the molecule is CCN(CC)c1ccc2cc(/C=C/c3ccc(N(c4ccc(/C=C/c5cc6ccc(N(CC)CC)cc6oc5=O)cc4)c4ccc(-c5ccc(/C=C(\C#N)C(=O)O)s5)cc4)cc3)c(=O)oc2c1. The number of thiophene rings is 1. The third-order valence-corrected chi connectivity index (χ3v) is 12.7. The van der Waals surface area contributed by atoms with Crippen molar-refractivity contribution >= 4 is 98.1 Å². The van der Waals surface area contributed by atoms with Crippen molar-refractivity contribution in [2.24, 2.45) is 0 Å². The predicted octanol–water partition coefficient (Wildman–Crippen LogP) is 13.1. The number of carbonyl (C=O) groups is 1. The molecule has 5 aromatic carbocycles. The van der Waals surface area contributed by atoms with E-state index in [-0.39, 0.29) is 5.57 Å². The largest absolute Gasteiger partial charge is 0.477 e. The first-order chi connectivity index (χ1) is 32.6. The van der Waals surface area contributed by atoms with Gasteiger partial charge in [0.15, 0.2) is 0 Å². The molecule has 67 heavy (non-hydrogen) atoms. The highest BCUT2D eigenvalue weighted by Crippen LogP contribution is 2.38. The summed E-state index contributed by atoms with van der Waals surface area (Å²) >= 11 is 1.40. The number of anilines is 5. The normalized spacial score (nSPS) is 11.7. The average Bonchev–Trinajstić information content (AvgIpc) is 3.82. The molecule has 8 rings (SSSR count). The number of carboxylic acid groups (broad SMARTS) is 1. The van der Waals surface area contributed by atoms with Gasteiger partial charge in [0.25, 0.3) is 0 Å². The van der Waals surface area contributed by atoms with E-state index in [9.17, 15) is 24.8 Å². The van der Waals surface area contributed by atoms with Gasteiger partial charge < -0.3 is 28.6 Å². The lowest BCUT2D eigenvalue weighted by atomic mass is 10.1. The van der Waals surface area contributed by atoms with Crippen molar-refractivity contribution in [3.63, 3.8) is 0 Å². The summed E-state index contributed by atoms with van der Waals surface area (Å²) in [5.41, 5.74) is 8.30. The van der Waals surface area contributed by atoms with Crippen LogP contribution in [-0.2, 0) is 4.79 Å². The fraction of sp³-hybridized carbons (Fsp3) is 0.143. The van der Waals surface area contributed by atoms with E-state index in [1.54, 1.807) is 24.3 Å². The molecular weight excluding hydrogens is 857 g/mol. The summed E-state index contributed by atoms with van der Waals surface area (Å²) in [6.07, 6.45) is 8.73. The quantitative estimate of drug-likeness (QED) is 0.0568. The van der Waals surface area contributed by atoms with Gasteiger partial charge in [-0.15, -0.1) is 11.3 Å². The van der Waals surface area contributed by atoms with Gasteiger partial charge in [0.05, 0.1) is 11.1 Å². The first-order valence-corrected chi connectivity index (χ1v) is 23.0. The van der Waals surface area contributed by atoms with Gasteiger partial charge in [-0.25, -0.2) is 14.4 Å². The van der Waals surface area contributed by atoms with E-state index in [1.807, 2.05) is 140 Å². The maximum atomic E-state index is 13.1. The van der Waals surface area contributed by atoms with Crippen molar-refractivity contribution in [2.75, 3.05) is 40.9 Å². The van der Waals surface area contributed by atoms with Crippen LogP contribution in [0.25, 0.3) is 62.8 Å². The summed E-state index contributed by atoms with van der Waals surface area (Å²) < 4.78 is 11.5. The number of hydrogen-bond donors (Lipinski definition) is 1. The molecule has 0 saturated heterocycles. The molecule has 8 aromatic rings. The smallest absolute Gasteiger partial charge is 0.346 e. The first kappa shape index (κ1) is 45.4. The monoisotopic (exact) mass is 904 g/mol. The van der Waals surface area contributed by atoms with Gasteiger partial charge in [-0.3, -0.25) is 0 Å². The van der Waals surface area contributed by atoms with Crippen LogP contribution in [0, 0.1) is 11.3 Å². The average molecular weight is 905 g/mol. The molecule has 1 N–H and O–H groups in total. The Morgan fingerprint density at radius 2 is 1.01 bits per heavy atom. The van der Waals surface area contributed by atoms with Crippen LogP contribution in [0.2, 0.25) is 0 Å². The van der Waals surface area contributed by atoms with Gasteiger partial charge in [-0.1, -0.05) is 48.6 Å². The van der Waals surface area contributed by atoms with Crippen LogP contribution in [-0.4, -0.2) is 37.3 Å². The molecule has 0 saturated carbocycles. The Kier molecular flexibility index (Phi) is 13.8. The molecule has 0 radical (unpaired) electrons. The van der Waals surface area contributed by atoms with E-state index in [0.717, 1.165) is 87.0 Å². The fourth-order valence-corrected chi connectivity index (χ4v) is 8.92. The number of carboxylic acids is 1. The van der Waals surface area contributed by atoms with Crippen molar-refractivity contribution < 1.29 is 18.7 Å². The van der Waals surface area contributed by atoms with Crippen molar-refractivity contribution in [1.82, 2.24) is 0 Å². The molecule has 11 heteroatoms. The zero-order valence-corrected chi connectivity index (χ0v) is 38.4. The Hall–Kier alpha value is -8.20. The first-order valence-electron chi connectivity index (χ1n) is 22.1. The second-order valence-corrected chi connectivity index (χ2v) is 16.8. The topological polar surface area (TPSA) is 131 Å². The maximum Gasteiger partial charge on any atom is 0.346 e. The minimum absolute atomic E-state index is 0.324. The zero-order valence-electron chi connectivity index (χ0n) is 37.6. The van der Waals surface area contributed by atoms with Crippen LogP contribution in [0.1, 0.15) is 54.8 Å². The standard InChI is InChI=1S/C56H48N4O6S/c1-5-58(6-2)48-27-19-40-31-42(55(63)65-51(40)34-48)15-9-37-11-21-45(22-12-37)60(47-25-17-39(18-26-47)53-30-29-50(67-53)33-44(36-57)54(61)62)46-23-13-38(14-24-46)10-16-43-32-41-20-28-49(59(7-3)8-4)35-52(41)66-56(43)64/h9-35H,5-8H2,1-4H3,(H,61,62)/b15-9+,16-10+,44-33+. The number of hydrogen-bond acceptors (Lipinski definition) is 10. The molecule has 0 atom stereocenters. The molecule has 3 heterocycles. The Morgan fingerprint density at radius 3 is 1.43 bits per heavy atom. The number of nitriles is 1. The number of fused-ring (bicyclic) bond motifs is 2. The molecule has 0 bridgehead atoms. The van der Waals surface area contributed by atoms with E-state index in [0.29, 0.717) is 27.2 Å². The molecule has 10 nitrogen and oxygen atoms in total. The molecule has 0 aliphatic heterocycles. The third-order valence-electron chi connectivity index (χ3n) is 11.6. The second kappa shape index (κ2) is 20.3. The van der Waals surface area contributed by atoms with E-state index in [4.69, 9.17) is 8.83 Å². The Morgan fingerprint density at radius 1 is 0.582 bits per heavy atom. The summed E-state index contributed by atoms with van der Waals surface area (Å²) in [5, 5.41) is 20.3. The lowest BCUT2D eigenvalue weighted by Gasteiger charge is -2.26. The number of aliphatic carboxylic acids is 1. The highest BCUT2D eigenvalue weighted by atomic mass is 32.1. The molecule has 3 aromatic heterocycles. The predicted molar refractivity (Wildman–Crippen MR) is 276 cm³/mol. The number of nitrogens with zero attached hydrogens (tertiary/aromatic N) is 4. The molecule has 0 fully saturated rings. The van der Waals surface area contributed by atoms with Crippen LogP contribution in [0.5, 0.6) is 0 Å². The van der Waals surface area contributed by atoms with Crippen LogP contribution in [0.3, 0.4) is 0 Å². The van der Waals surface area contributed by atoms with Crippen LogP contribution >= 0.6 is 11.3 Å². The second-order valence-electron chi connectivity index (χ2n) is 15.7. The van der Waals surface area contributed by atoms with Crippen molar-refractivity contribution in [2.45, 2.75) is 27.7 Å². The summed E-state index contributed by atoms with van der Waals surface area (Å²) in [6, 6.07) is 45.2. The van der Waals surface area contributed by atoms with Gasteiger partial charge in [0, 0.05) is 87.3 Å². The summed E-state index contributed by atoms with van der Waals surface area (Å²) in [7, 11) is 0. The van der Waals surface area contributed by atoms with Crippen molar-refractivity contribution in [3.8, 4) is 16.5 Å². The zero-order chi connectivity index (χ0) is 47.0. The third kappa shape index (κ3) is 10.2. The fourth-order valence-electron chi connectivity index (χ4n) is 7.97. The van der Waals surface area contributed by atoms with E-state index in [1.165, 1.54) is 17.4 Å². The van der Waals surface area contributed by atoms with Gasteiger partial charge in [-0.2, -0.15) is 5.26 Å². The molecule has 0 unspecified atom stereocenters. The van der Waals surface area contributed by atoms with Crippen molar-refractivity contribution in [1.29, 1.82) is 5.26 Å². The lowest BCUT2D eigenvalue weighted by molar-refractivity contribution is -0.132. The molecule has 0 spiro atoms. The molecular formula is C56H48N4O6S. The molecule has 0 aliphatic rings. The molecule has 334 valence electrons. The van der Waals surface area contributed by atoms with E-state index >= 15 is 0 Å². The molecule has 0 amide bonds.